The molecule has 0 spiro atoms. The SMILES string of the molecule is [CH2]c1cccc(-c2cnc(OCCCC(F)(F)F)nc2)n1. The van der Waals surface area contributed by atoms with Crippen LogP contribution in [0.15, 0.2) is 30.6 Å². The van der Waals surface area contributed by atoms with E-state index in [1.54, 1.807) is 12.1 Å². The molecule has 4 nitrogen and oxygen atoms in total. The highest BCUT2D eigenvalue weighted by molar-refractivity contribution is 5.56. The summed E-state index contributed by atoms with van der Waals surface area (Å²) in [4.78, 5) is 12.1. The number of hydrogen-bond acceptors (Lipinski definition) is 4. The van der Waals surface area contributed by atoms with Gasteiger partial charge in [-0.25, -0.2) is 9.97 Å². The van der Waals surface area contributed by atoms with Crippen molar-refractivity contribution in [3.05, 3.63) is 43.2 Å². The van der Waals surface area contributed by atoms with Crippen molar-refractivity contribution in [1.29, 1.82) is 0 Å². The van der Waals surface area contributed by atoms with E-state index in [1.807, 2.05) is 6.07 Å². The Labute approximate surface area is 120 Å². The molecule has 2 aromatic heterocycles. The molecule has 21 heavy (non-hydrogen) atoms. The molecule has 0 aromatic carbocycles. The summed E-state index contributed by atoms with van der Waals surface area (Å²) < 4.78 is 40.9. The monoisotopic (exact) mass is 296 g/mol. The average Bonchev–Trinajstić information content (AvgIpc) is 2.43. The van der Waals surface area contributed by atoms with Gasteiger partial charge < -0.3 is 4.74 Å². The summed E-state index contributed by atoms with van der Waals surface area (Å²) in [6, 6.07) is 5.41. The first kappa shape index (κ1) is 15.2. The number of pyridine rings is 1. The van der Waals surface area contributed by atoms with E-state index in [-0.39, 0.29) is 19.0 Å². The van der Waals surface area contributed by atoms with Crippen LogP contribution in [0.5, 0.6) is 6.01 Å². The van der Waals surface area contributed by atoms with E-state index in [4.69, 9.17) is 4.74 Å². The Balaban J connectivity index is 1.90. The van der Waals surface area contributed by atoms with Crippen LogP contribution < -0.4 is 4.74 Å². The third kappa shape index (κ3) is 5.02. The molecular weight excluding hydrogens is 283 g/mol. The van der Waals surface area contributed by atoms with Gasteiger partial charge in [-0.05, 0) is 25.5 Å². The van der Waals surface area contributed by atoms with Gasteiger partial charge in [0.1, 0.15) is 0 Å². The molecule has 0 fully saturated rings. The lowest BCUT2D eigenvalue weighted by atomic mass is 10.2. The van der Waals surface area contributed by atoms with E-state index < -0.39 is 12.6 Å². The maximum Gasteiger partial charge on any atom is 0.389 e. The number of ether oxygens (including phenoxy) is 1. The van der Waals surface area contributed by atoms with Crippen molar-refractivity contribution < 1.29 is 17.9 Å². The van der Waals surface area contributed by atoms with Crippen LogP contribution in [0.25, 0.3) is 11.3 Å². The molecular formula is C14H13F3N3O. The van der Waals surface area contributed by atoms with Gasteiger partial charge >= 0.3 is 12.2 Å². The van der Waals surface area contributed by atoms with E-state index >= 15 is 0 Å². The quantitative estimate of drug-likeness (QED) is 0.793. The lowest BCUT2D eigenvalue weighted by Gasteiger charge is -2.07. The Kier molecular flexibility index (Phi) is 4.72. The molecule has 2 rings (SSSR count). The van der Waals surface area contributed by atoms with E-state index in [0.717, 1.165) is 0 Å². The van der Waals surface area contributed by atoms with Crippen molar-refractivity contribution in [3.8, 4) is 17.3 Å². The third-order valence-corrected chi connectivity index (χ3v) is 2.57. The van der Waals surface area contributed by atoms with Crippen molar-refractivity contribution in [2.45, 2.75) is 19.0 Å². The minimum absolute atomic E-state index is 0.0479. The lowest BCUT2D eigenvalue weighted by Crippen LogP contribution is -2.10. The molecule has 0 N–H and O–H groups in total. The van der Waals surface area contributed by atoms with Crippen molar-refractivity contribution in [1.82, 2.24) is 15.0 Å². The predicted molar refractivity (Wildman–Crippen MR) is 70.5 cm³/mol. The molecule has 2 heterocycles. The summed E-state index contributed by atoms with van der Waals surface area (Å²) in [7, 11) is 0. The number of aromatic nitrogens is 3. The van der Waals surface area contributed by atoms with Gasteiger partial charge in [0.25, 0.3) is 0 Å². The van der Waals surface area contributed by atoms with E-state index in [9.17, 15) is 13.2 Å². The second kappa shape index (κ2) is 6.51. The number of nitrogens with zero attached hydrogens (tertiary/aromatic N) is 3. The summed E-state index contributed by atoms with van der Waals surface area (Å²) in [5.74, 6) is 0. The van der Waals surface area contributed by atoms with Crippen LogP contribution in [-0.4, -0.2) is 27.7 Å². The van der Waals surface area contributed by atoms with Crippen LogP contribution in [0.4, 0.5) is 13.2 Å². The Morgan fingerprint density at radius 2 is 1.86 bits per heavy atom. The van der Waals surface area contributed by atoms with Crippen molar-refractivity contribution >= 4 is 0 Å². The van der Waals surface area contributed by atoms with Gasteiger partial charge in [0.15, 0.2) is 0 Å². The van der Waals surface area contributed by atoms with Gasteiger partial charge in [0, 0.05) is 30.1 Å². The molecule has 0 saturated carbocycles. The van der Waals surface area contributed by atoms with Gasteiger partial charge in [-0.1, -0.05) is 6.07 Å². The Bertz CT molecular complexity index is 585. The summed E-state index contributed by atoms with van der Waals surface area (Å²) in [6.07, 6.45) is -2.16. The fraction of sp³-hybridized carbons (Fsp3) is 0.286. The Morgan fingerprint density at radius 1 is 1.14 bits per heavy atom. The predicted octanol–water partition coefficient (Wildman–Crippen LogP) is 3.44. The zero-order chi connectivity index (χ0) is 15.3. The second-order valence-corrected chi connectivity index (χ2v) is 4.34. The highest BCUT2D eigenvalue weighted by Gasteiger charge is 2.26. The maximum atomic E-state index is 12.0. The standard InChI is InChI=1S/C14H13F3N3O/c1-10-4-2-5-12(20-10)11-8-18-13(19-9-11)21-7-3-6-14(15,16)17/h2,4-5,8-9H,1,3,6-7H2. The molecule has 0 saturated heterocycles. The van der Waals surface area contributed by atoms with E-state index in [0.29, 0.717) is 17.0 Å². The molecule has 0 atom stereocenters. The third-order valence-electron chi connectivity index (χ3n) is 2.57. The van der Waals surface area contributed by atoms with Crippen LogP contribution in [0.3, 0.4) is 0 Å². The van der Waals surface area contributed by atoms with Gasteiger partial charge in [-0.2, -0.15) is 13.2 Å². The normalized spacial score (nSPS) is 11.4. The van der Waals surface area contributed by atoms with Crippen LogP contribution in [0.1, 0.15) is 18.5 Å². The first-order chi connectivity index (χ1) is 9.94. The number of rotatable bonds is 5. The summed E-state index contributed by atoms with van der Waals surface area (Å²) in [5.41, 5.74) is 1.98. The van der Waals surface area contributed by atoms with Crippen molar-refractivity contribution in [3.63, 3.8) is 0 Å². The van der Waals surface area contributed by atoms with E-state index in [1.165, 1.54) is 12.4 Å². The molecule has 2 aromatic rings. The van der Waals surface area contributed by atoms with Crippen molar-refractivity contribution in [2.24, 2.45) is 0 Å². The molecule has 0 unspecified atom stereocenters. The van der Waals surface area contributed by atoms with Crippen molar-refractivity contribution in [2.75, 3.05) is 6.61 Å². The first-order valence-corrected chi connectivity index (χ1v) is 6.25. The molecule has 0 aliphatic rings. The molecule has 0 aliphatic heterocycles. The lowest BCUT2D eigenvalue weighted by molar-refractivity contribution is -0.136. The van der Waals surface area contributed by atoms with Gasteiger partial charge in [-0.3, -0.25) is 4.98 Å². The Hall–Kier alpha value is -2.18. The Morgan fingerprint density at radius 3 is 2.48 bits per heavy atom. The molecule has 0 aliphatic carbocycles. The molecule has 0 bridgehead atoms. The fourth-order valence-corrected chi connectivity index (χ4v) is 1.60. The summed E-state index contributed by atoms with van der Waals surface area (Å²) >= 11 is 0. The molecule has 0 amide bonds. The maximum absolute atomic E-state index is 12.0. The first-order valence-electron chi connectivity index (χ1n) is 6.25. The van der Waals surface area contributed by atoms with Crippen LogP contribution in [0.2, 0.25) is 0 Å². The minimum atomic E-state index is -4.17. The van der Waals surface area contributed by atoms with Crippen LogP contribution >= 0.6 is 0 Å². The van der Waals surface area contributed by atoms with Crippen LogP contribution in [-0.2, 0) is 0 Å². The highest BCUT2D eigenvalue weighted by Crippen LogP contribution is 2.21. The van der Waals surface area contributed by atoms with Gasteiger partial charge in [0.05, 0.1) is 12.3 Å². The fourth-order valence-electron chi connectivity index (χ4n) is 1.60. The van der Waals surface area contributed by atoms with Crippen LogP contribution in [0, 0.1) is 6.92 Å². The summed E-state index contributed by atoms with van der Waals surface area (Å²) in [6.45, 7) is 3.65. The van der Waals surface area contributed by atoms with Gasteiger partial charge in [0.2, 0.25) is 0 Å². The zero-order valence-electron chi connectivity index (χ0n) is 11.1. The molecule has 111 valence electrons. The summed E-state index contributed by atoms with van der Waals surface area (Å²) in [5, 5.41) is 0. The number of hydrogen-bond donors (Lipinski definition) is 0. The largest absolute Gasteiger partial charge is 0.463 e. The second-order valence-electron chi connectivity index (χ2n) is 4.34. The number of halogens is 3. The zero-order valence-corrected chi connectivity index (χ0v) is 11.1. The topological polar surface area (TPSA) is 47.9 Å². The van der Waals surface area contributed by atoms with Gasteiger partial charge in [-0.15, -0.1) is 0 Å². The highest BCUT2D eigenvalue weighted by atomic mass is 19.4. The molecule has 7 heteroatoms. The van der Waals surface area contributed by atoms with E-state index in [2.05, 4.69) is 21.9 Å². The average molecular weight is 296 g/mol. The number of alkyl halides is 3. The molecule has 1 radical (unpaired) electrons. The smallest absolute Gasteiger partial charge is 0.389 e. The minimum Gasteiger partial charge on any atom is -0.463 e.